The fourth-order valence-electron chi connectivity index (χ4n) is 4.07. The highest BCUT2D eigenvalue weighted by Crippen LogP contribution is 2.41. The van der Waals surface area contributed by atoms with Gasteiger partial charge in [-0.15, -0.1) is 0 Å². The molecule has 2 heterocycles. The van der Waals surface area contributed by atoms with Crippen LogP contribution in [-0.4, -0.2) is 34.7 Å². The molecule has 2 aliphatic rings. The minimum absolute atomic E-state index is 0.0789. The van der Waals surface area contributed by atoms with E-state index in [1.54, 1.807) is 12.3 Å². The van der Waals surface area contributed by atoms with Crippen molar-refractivity contribution in [3.63, 3.8) is 0 Å². The number of nitrogens with zero attached hydrogens (tertiary/aromatic N) is 2. The molecule has 1 aliphatic carbocycles. The summed E-state index contributed by atoms with van der Waals surface area (Å²) in [5.74, 6) is -3.11. The fraction of sp³-hybridized carbons (Fsp3) is 0.333. The zero-order chi connectivity index (χ0) is 19.1. The third-order valence-corrected chi connectivity index (χ3v) is 5.55. The molecule has 1 fully saturated rings. The molecular formula is C21H20N2O4. The molecule has 0 saturated carbocycles. The summed E-state index contributed by atoms with van der Waals surface area (Å²) in [6.45, 7) is 1.95. The molecule has 2 amide bonds. The Hall–Kier alpha value is -3.02. The Morgan fingerprint density at radius 3 is 2.74 bits per heavy atom. The predicted octanol–water partition coefficient (Wildman–Crippen LogP) is 2.33. The predicted molar refractivity (Wildman–Crippen MR) is 98.1 cm³/mol. The Bertz CT molecular complexity index is 962. The van der Waals surface area contributed by atoms with Crippen LogP contribution in [0, 0.1) is 23.7 Å². The van der Waals surface area contributed by atoms with Crippen LogP contribution in [0.4, 0.5) is 0 Å². The van der Waals surface area contributed by atoms with Crippen LogP contribution in [0.3, 0.4) is 0 Å². The summed E-state index contributed by atoms with van der Waals surface area (Å²) in [5.41, 5.74) is 1.59. The van der Waals surface area contributed by atoms with Crippen LogP contribution in [0.15, 0.2) is 48.7 Å². The molecule has 2 aromatic rings. The van der Waals surface area contributed by atoms with Gasteiger partial charge in [0.05, 0.1) is 23.3 Å². The number of allylic oxidation sites excluding steroid dienone is 1. The molecule has 1 aliphatic heterocycles. The number of carbonyl (C=O) groups excluding carboxylic acids is 3. The van der Waals surface area contributed by atoms with Crippen LogP contribution >= 0.6 is 0 Å². The van der Waals surface area contributed by atoms with E-state index in [9.17, 15) is 14.4 Å². The molecule has 0 unspecified atom stereocenters. The van der Waals surface area contributed by atoms with Crippen molar-refractivity contribution in [2.45, 2.75) is 13.5 Å². The molecule has 6 heteroatoms. The standard InChI is InChI=1S/C21H20N2O4/c1-12-8-9-15-17(20(25)23(2)19(15)24)16(12)21(26)27-11-14-6-3-5-13-7-4-10-22-18(13)14/h3-10,12,15-17H,11H2,1-2H3/t12-,15+,16-,17+/m1/s1. The number of ether oxygens (including phenoxy) is 1. The van der Waals surface area contributed by atoms with E-state index in [2.05, 4.69) is 4.98 Å². The minimum atomic E-state index is -0.680. The molecular weight excluding hydrogens is 344 g/mol. The Morgan fingerprint density at radius 1 is 1.15 bits per heavy atom. The lowest BCUT2D eigenvalue weighted by Crippen LogP contribution is -2.39. The summed E-state index contributed by atoms with van der Waals surface area (Å²) in [7, 11) is 1.46. The van der Waals surface area contributed by atoms with Crippen LogP contribution in [0.1, 0.15) is 12.5 Å². The molecule has 0 N–H and O–H groups in total. The number of imide groups is 1. The number of fused-ring (bicyclic) bond motifs is 2. The summed E-state index contributed by atoms with van der Waals surface area (Å²) in [5, 5.41) is 0.971. The molecule has 27 heavy (non-hydrogen) atoms. The highest BCUT2D eigenvalue weighted by molar-refractivity contribution is 6.07. The number of likely N-dealkylation sites (tertiary alicyclic amines) is 1. The molecule has 0 bridgehead atoms. The van der Waals surface area contributed by atoms with E-state index in [4.69, 9.17) is 4.74 Å². The van der Waals surface area contributed by atoms with Crippen LogP contribution in [0.25, 0.3) is 10.9 Å². The van der Waals surface area contributed by atoms with Crippen LogP contribution in [-0.2, 0) is 25.7 Å². The molecule has 6 nitrogen and oxygen atoms in total. The summed E-state index contributed by atoms with van der Waals surface area (Å²) in [4.78, 5) is 43.1. The van der Waals surface area contributed by atoms with Crippen molar-refractivity contribution in [3.8, 4) is 0 Å². The van der Waals surface area contributed by atoms with Gasteiger partial charge in [0, 0.05) is 24.2 Å². The summed E-state index contributed by atoms with van der Waals surface area (Å²) >= 11 is 0. The number of pyridine rings is 1. The van der Waals surface area contributed by atoms with Crippen LogP contribution in [0.2, 0.25) is 0 Å². The van der Waals surface area contributed by atoms with Crippen molar-refractivity contribution in [2.24, 2.45) is 23.7 Å². The summed E-state index contributed by atoms with van der Waals surface area (Å²) < 4.78 is 5.58. The second-order valence-corrected chi connectivity index (χ2v) is 7.16. The van der Waals surface area contributed by atoms with Crippen molar-refractivity contribution in [1.29, 1.82) is 0 Å². The first kappa shape index (κ1) is 17.4. The molecule has 1 aromatic carbocycles. The third kappa shape index (κ3) is 2.81. The number of amides is 2. The first-order valence-electron chi connectivity index (χ1n) is 8.98. The van der Waals surface area contributed by atoms with E-state index < -0.39 is 23.7 Å². The Kier molecular flexibility index (Phi) is 4.26. The average molecular weight is 364 g/mol. The molecule has 1 saturated heterocycles. The van der Waals surface area contributed by atoms with Crippen molar-refractivity contribution >= 4 is 28.7 Å². The molecule has 1 aromatic heterocycles. The number of benzene rings is 1. The lowest BCUT2D eigenvalue weighted by molar-refractivity contribution is -0.157. The fourth-order valence-corrected chi connectivity index (χ4v) is 4.07. The average Bonchev–Trinajstić information content (AvgIpc) is 2.90. The van der Waals surface area contributed by atoms with E-state index in [1.807, 2.05) is 43.3 Å². The van der Waals surface area contributed by atoms with Gasteiger partial charge in [0.25, 0.3) is 0 Å². The van der Waals surface area contributed by atoms with Crippen LogP contribution < -0.4 is 0 Å². The quantitative estimate of drug-likeness (QED) is 0.475. The first-order valence-corrected chi connectivity index (χ1v) is 8.98. The minimum Gasteiger partial charge on any atom is -0.460 e. The van der Waals surface area contributed by atoms with Gasteiger partial charge < -0.3 is 4.74 Å². The maximum Gasteiger partial charge on any atom is 0.310 e. The second-order valence-electron chi connectivity index (χ2n) is 7.16. The van der Waals surface area contributed by atoms with Crippen molar-refractivity contribution in [3.05, 3.63) is 54.2 Å². The number of aromatic nitrogens is 1. The smallest absolute Gasteiger partial charge is 0.310 e. The number of rotatable bonds is 3. The Labute approximate surface area is 156 Å². The maximum atomic E-state index is 12.9. The van der Waals surface area contributed by atoms with E-state index in [0.717, 1.165) is 21.4 Å². The van der Waals surface area contributed by atoms with Crippen LogP contribution in [0.5, 0.6) is 0 Å². The van der Waals surface area contributed by atoms with E-state index in [0.29, 0.717) is 0 Å². The Morgan fingerprint density at radius 2 is 1.93 bits per heavy atom. The number of esters is 1. The maximum absolute atomic E-state index is 12.9. The largest absolute Gasteiger partial charge is 0.460 e. The highest BCUT2D eigenvalue weighted by Gasteiger charge is 2.53. The number of para-hydroxylation sites is 1. The molecule has 138 valence electrons. The topological polar surface area (TPSA) is 76.6 Å². The van der Waals surface area contributed by atoms with Crippen molar-refractivity contribution in [1.82, 2.24) is 9.88 Å². The lowest BCUT2D eigenvalue weighted by atomic mass is 9.72. The van der Waals surface area contributed by atoms with Gasteiger partial charge in [0.15, 0.2) is 0 Å². The second kappa shape index (κ2) is 6.61. The first-order chi connectivity index (χ1) is 13.0. The van der Waals surface area contributed by atoms with E-state index in [1.165, 1.54) is 7.05 Å². The third-order valence-electron chi connectivity index (χ3n) is 5.55. The molecule has 4 atom stereocenters. The van der Waals surface area contributed by atoms with Gasteiger partial charge in [0.2, 0.25) is 11.8 Å². The van der Waals surface area contributed by atoms with Gasteiger partial charge in [-0.2, -0.15) is 0 Å². The number of carbonyl (C=O) groups is 3. The molecule has 0 radical (unpaired) electrons. The zero-order valence-corrected chi connectivity index (χ0v) is 15.2. The monoisotopic (exact) mass is 364 g/mol. The lowest BCUT2D eigenvalue weighted by Gasteiger charge is -2.30. The van der Waals surface area contributed by atoms with Gasteiger partial charge >= 0.3 is 5.97 Å². The zero-order valence-electron chi connectivity index (χ0n) is 15.2. The molecule has 0 spiro atoms. The molecule has 4 rings (SSSR count). The normalized spacial score (nSPS) is 27.1. The number of hydrogen-bond acceptors (Lipinski definition) is 5. The van der Waals surface area contributed by atoms with Crippen molar-refractivity contribution in [2.75, 3.05) is 7.05 Å². The SMILES string of the molecule is C[C@@H]1C=C[C@@H]2C(=O)N(C)C(=O)[C@@H]2[C@@H]1C(=O)OCc1cccc2cccnc12. The van der Waals surface area contributed by atoms with Gasteiger partial charge in [-0.1, -0.05) is 43.3 Å². The van der Waals surface area contributed by atoms with Gasteiger partial charge in [0.1, 0.15) is 6.61 Å². The summed E-state index contributed by atoms with van der Waals surface area (Å²) in [6.07, 6.45) is 5.28. The van der Waals surface area contributed by atoms with E-state index in [-0.39, 0.29) is 24.3 Å². The van der Waals surface area contributed by atoms with Gasteiger partial charge in [-0.25, -0.2) is 0 Å². The van der Waals surface area contributed by atoms with E-state index >= 15 is 0 Å². The Balaban J connectivity index is 1.56. The van der Waals surface area contributed by atoms with Gasteiger partial charge in [-0.05, 0) is 12.0 Å². The number of hydrogen-bond donors (Lipinski definition) is 0. The van der Waals surface area contributed by atoms with Gasteiger partial charge in [-0.3, -0.25) is 24.3 Å². The summed E-state index contributed by atoms with van der Waals surface area (Å²) in [6, 6.07) is 9.51. The van der Waals surface area contributed by atoms with Crippen molar-refractivity contribution < 1.29 is 19.1 Å². The highest BCUT2D eigenvalue weighted by atomic mass is 16.5.